The summed E-state index contributed by atoms with van der Waals surface area (Å²) >= 11 is 0. The predicted molar refractivity (Wildman–Crippen MR) is 70.7 cm³/mol. The van der Waals surface area contributed by atoms with E-state index in [1.165, 1.54) is 18.9 Å². The average Bonchev–Trinajstić information content (AvgIpc) is 3.21. The summed E-state index contributed by atoms with van der Waals surface area (Å²) in [4.78, 5) is 2.06. The van der Waals surface area contributed by atoms with Gasteiger partial charge in [0.2, 0.25) is 0 Å². The Balaban J connectivity index is 2.17. The molecule has 0 saturated heterocycles. The van der Waals surface area contributed by atoms with E-state index < -0.39 is 0 Å². The highest BCUT2D eigenvalue weighted by Crippen LogP contribution is 2.34. The largest absolute Gasteiger partial charge is 0.395 e. The molecule has 105 valence electrons. The van der Waals surface area contributed by atoms with E-state index in [1.807, 2.05) is 0 Å². The van der Waals surface area contributed by atoms with Crippen molar-refractivity contribution < 1.29 is 14.6 Å². The van der Waals surface area contributed by atoms with Gasteiger partial charge < -0.3 is 5.11 Å². The van der Waals surface area contributed by atoms with E-state index in [0.29, 0.717) is 24.4 Å². The van der Waals surface area contributed by atoms with Crippen LogP contribution in [-0.4, -0.2) is 36.3 Å². The van der Waals surface area contributed by atoms with Crippen LogP contribution in [0.25, 0.3) is 0 Å². The minimum atomic E-state index is -0.264. The lowest BCUT2D eigenvalue weighted by Gasteiger charge is -2.31. The number of benzene rings is 1. The summed E-state index contributed by atoms with van der Waals surface area (Å²) in [6.07, 6.45) is 2.78. The predicted octanol–water partition coefficient (Wildman–Crippen LogP) is 2.39. The van der Waals surface area contributed by atoms with E-state index in [9.17, 15) is 14.6 Å². The Morgan fingerprint density at radius 3 is 2.68 bits per heavy atom. The summed E-state index contributed by atoms with van der Waals surface area (Å²) in [7, 11) is 0. The number of aliphatic hydroxyl groups excluding tert-OH is 1. The Labute approximate surface area is 113 Å². The van der Waals surface area contributed by atoms with Gasteiger partial charge in [0, 0.05) is 24.7 Å². The molecule has 4 heteroatoms. The zero-order valence-electron chi connectivity index (χ0n) is 11.1. The van der Waals surface area contributed by atoms with Gasteiger partial charge in [-0.2, -0.15) is 0 Å². The van der Waals surface area contributed by atoms with Gasteiger partial charge in [0.25, 0.3) is 0 Å². The molecule has 1 aliphatic rings. The highest BCUT2D eigenvalue weighted by molar-refractivity contribution is 5.21. The van der Waals surface area contributed by atoms with Gasteiger partial charge in [-0.05, 0) is 31.2 Å². The summed E-state index contributed by atoms with van der Waals surface area (Å²) in [5, 5.41) is 20.2. The maximum Gasteiger partial charge on any atom is 0.127 e. The highest BCUT2D eigenvalue weighted by Gasteiger charge is 2.29. The summed E-state index contributed by atoms with van der Waals surface area (Å²) in [5.74, 6) is 0.382. The van der Waals surface area contributed by atoms with E-state index in [-0.39, 0.29) is 25.1 Å². The number of nitrogens with zero attached hydrogens (tertiary/aromatic N) is 1. The van der Waals surface area contributed by atoms with Crippen LogP contribution in [0.4, 0.5) is 4.39 Å². The molecule has 1 N–H and O–H groups in total. The summed E-state index contributed by atoms with van der Waals surface area (Å²) < 4.78 is 13.9. The van der Waals surface area contributed by atoms with E-state index in [1.54, 1.807) is 18.2 Å². The van der Waals surface area contributed by atoms with E-state index in [0.717, 1.165) is 6.54 Å². The normalized spacial score (nSPS) is 16.8. The zero-order valence-corrected chi connectivity index (χ0v) is 11.1. The lowest BCUT2D eigenvalue weighted by molar-refractivity contribution is 0.101. The molecule has 1 atom stereocenters. The zero-order chi connectivity index (χ0) is 13.7. The number of rotatable bonds is 8. The fourth-order valence-electron chi connectivity index (χ4n) is 2.53. The number of hydrogen-bond acceptors (Lipinski definition) is 2. The minimum absolute atomic E-state index is 0.0382. The molecule has 1 fully saturated rings. The van der Waals surface area contributed by atoms with Crippen LogP contribution in [0.3, 0.4) is 0 Å². The van der Waals surface area contributed by atoms with E-state index in [4.69, 9.17) is 0 Å². The van der Waals surface area contributed by atoms with Crippen molar-refractivity contribution >= 4 is 0 Å². The van der Waals surface area contributed by atoms with Crippen LogP contribution in [0, 0.1) is 11.7 Å². The van der Waals surface area contributed by atoms with Crippen molar-refractivity contribution in [2.75, 3.05) is 26.3 Å². The molecule has 2 rings (SSSR count). The van der Waals surface area contributed by atoms with Crippen LogP contribution in [0.5, 0.6) is 0 Å². The van der Waals surface area contributed by atoms with Crippen LogP contribution < -0.4 is 0 Å². The first-order valence-corrected chi connectivity index (χ1v) is 6.93. The van der Waals surface area contributed by atoms with Crippen LogP contribution >= 0.6 is 0 Å². The molecule has 1 saturated carbocycles. The first-order chi connectivity index (χ1) is 9.26. The van der Waals surface area contributed by atoms with Crippen molar-refractivity contribution in [2.24, 2.45) is 5.92 Å². The Kier molecular flexibility index (Phi) is 5.31. The van der Waals surface area contributed by atoms with E-state index >= 15 is 0 Å². The molecular formula is C15H21FNO2. The Hall–Kier alpha value is -0.970. The molecule has 0 heterocycles. The van der Waals surface area contributed by atoms with Crippen LogP contribution in [0.2, 0.25) is 0 Å². The molecule has 3 nitrogen and oxygen atoms in total. The molecule has 0 bridgehead atoms. The molecule has 0 aromatic heterocycles. The Bertz CT molecular complexity index is 395. The van der Waals surface area contributed by atoms with Gasteiger partial charge in [-0.15, -0.1) is 0 Å². The average molecular weight is 266 g/mol. The lowest BCUT2D eigenvalue weighted by Crippen LogP contribution is -2.34. The van der Waals surface area contributed by atoms with Crippen LogP contribution in [0.1, 0.15) is 30.9 Å². The van der Waals surface area contributed by atoms with Gasteiger partial charge in [-0.3, -0.25) is 4.90 Å². The smallest absolute Gasteiger partial charge is 0.127 e. The summed E-state index contributed by atoms with van der Waals surface area (Å²) in [6.45, 7) is 1.15. The van der Waals surface area contributed by atoms with Crippen molar-refractivity contribution in [3.63, 3.8) is 0 Å². The van der Waals surface area contributed by atoms with Crippen molar-refractivity contribution in [1.82, 2.24) is 4.90 Å². The Morgan fingerprint density at radius 1 is 1.37 bits per heavy atom. The maximum absolute atomic E-state index is 13.9. The highest BCUT2D eigenvalue weighted by atomic mass is 19.1. The molecule has 1 unspecified atom stereocenters. The second kappa shape index (κ2) is 6.98. The van der Waals surface area contributed by atoms with Crippen LogP contribution in [-0.2, 0) is 5.11 Å². The number of halogens is 1. The molecule has 19 heavy (non-hydrogen) atoms. The first-order valence-electron chi connectivity index (χ1n) is 6.93. The quantitative estimate of drug-likeness (QED) is 0.785. The van der Waals surface area contributed by atoms with Gasteiger partial charge in [0.05, 0.1) is 13.2 Å². The number of aliphatic hydroxyl groups is 1. The van der Waals surface area contributed by atoms with Gasteiger partial charge in [-0.25, -0.2) is 9.50 Å². The fraction of sp³-hybridized carbons (Fsp3) is 0.600. The second-order valence-corrected chi connectivity index (χ2v) is 5.19. The fourth-order valence-corrected chi connectivity index (χ4v) is 2.53. The van der Waals surface area contributed by atoms with Crippen molar-refractivity contribution in [1.29, 1.82) is 0 Å². The molecule has 0 spiro atoms. The SMILES string of the molecule is [O]CCC(c1ccccc1F)N(CCO)CC1CC1. The van der Waals surface area contributed by atoms with Gasteiger partial charge in [0.15, 0.2) is 0 Å². The number of hydrogen-bond donors (Lipinski definition) is 1. The molecule has 1 aromatic rings. The van der Waals surface area contributed by atoms with E-state index in [2.05, 4.69) is 4.90 Å². The van der Waals surface area contributed by atoms with Crippen LogP contribution in [0.15, 0.2) is 24.3 Å². The third-order valence-electron chi connectivity index (χ3n) is 3.67. The van der Waals surface area contributed by atoms with Gasteiger partial charge in [-0.1, -0.05) is 18.2 Å². The summed E-state index contributed by atoms with van der Waals surface area (Å²) in [5.41, 5.74) is 0.576. The first kappa shape index (κ1) is 14.4. The third kappa shape index (κ3) is 4.00. The van der Waals surface area contributed by atoms with Crippen molar-refractivity contribution in [3.05, 3.63) is 35.6 Å². The topological polar surface area (TPSA) is 43.4 Å². The third-order valence-corrected chi connectivity index (χ3v) is 3.67. The summed E-state index contributed by atoms with van der Waals surface area (Å²) in [6, 6.07) is 6.41. The standard InChI is InChI=1S/C15H21FNO2/c16-14-4-2-1-3-13(14)15(7-9-18)17(8-10-19)11-12-5-6-12/h1-4,12,15,19H,5-11H2. The minimum Gasteiger partial charge on any atom is -0.395 e. The molecule has 1 aliphatic carbocycles. The second-order valence-electron chi connectivity index (χ2n) is 5.19. The monoisotopic (exact) mass is 266 g/mol. The molecule has 1 radical (unpaired) electrons. The van der Waals surface area contributed by atoms with Crippen molar-refractivity contribution in [3.8, 4) is 0 Å². The maximum atomic E-state index is 13.9. The molecular weight excluding hydrogens is 245 g/mol. The molecule has 0 aliphatic heterocycles. The van der Waals surface area contributed by atoms with Gasteiger partial charge >= 0.3 is 0 Å². The van der Waals surface area contributed by atoms with Crippen molar-refractivity contribution in [2.45, 2.75) is 25.3 Å². The van der Waals surface area contributed by atoms with Gasteiger partial charge in [0.1, 0.15) is 5.82 Å². The Morgan fingerprint density at radius 2 is 2.11 bits per heavy atom. The molecule has 1 aromatic carbocycles. The lowest BCUT2D eigenvalue weighted by atomic mass is 10.0. The molecule has 0 amide bonds.